The van der Waals surface area contributed by atoms with E-state index in [9.17, 15) is 22.8 Å². The van der Waals surface area contributed by atoms with Crippen LogP contribution in [0.4, 0.5) is 29.3 Å². The van der Waals surface area contributed by atoms with Crippen molar-refractivity contribution in [2.45, 2.75) is 31.1 Å². The lowest BCUT2D eigenvalue weighted by Gasteiger charge is -2.37. The number of alkyl carbamates (subject to hydrolysis) is 1. The van der Waals surface area contributed by atoms with Crippen LogP contribution in [-0.4, -0.2) is 31.2 Å². The number of carbonyl (C=O) groups excluding carboxylic acids is 2. The van der Waals surface area contributed by atoms with Crippen molar-refractivity contribution < 1.29 is 27.5 Å². The van der Waals surface area contributed by atoms with Gasteiger partial charge < -0.3 is 20.3 Å². The Hall–Kier alpha value is -5.05. The molecular formula is C35H30F3N3O3. The molecule has 0 aromatic heterocycles. The number of rotatable bonds is 7. The minimum absolute atomic E-state index is 0.0656. The average molecular weight is 598 g/mol. The fraction of sp³-hybridized carbons (Fsp3) is 0.200. The standard InChI is InChI=1S/C35H30F3N3O3/c1-2-33(42)40-24-18-30-22(8-7-13-32(30)41(20-24)25-16-14-23(15-17-25)35(36,37)38)19-39-34(43)44-21-31-28-11-5-3-9-26(28)27-10-4-6-12-29(27)31/h2-17,24,31H,1,18-21H2,(H,39,43)(H,40,42). The molecule has 0 bridgehead atoms. The number of hydrogen-bond acceptors (Lipinski definition) is 4. The molecule has 1 unspecified atom stereocenters. The van der Waals surface area contributed by atoms with Crippen LogP contribution in [0.3, 0.4) is 0 Å². The molecule has 0 saturated carbocycles. The Bertz CT molecular complexity index is 1670. The highest BCUT2D eigenvalue weighted by Gasteiger charge is 2.32. The molecule has 1 atom stereocenters. The zero-order valence-corrected chi connectivity index (χ0v) is 23.7. The Kier molecular flexibility index (Phi) is 7.86. The van der Waals surface area contributed by atoms with Crippen LogP contribution >= 0.6 is 0 Å². The van der Waals surface area contributed by atoms with Crippen molar-refractivity contribution in [1.29, 1.82) is 0 Å². The highest BCUT2D eigenvalue weighted by Crippen LogP contribution is 2.44. The maximum atomic E-state index is 13.2. The number of benzene rings is 4. The Morgan fingerprint density at radius 1 is 0.909 bits per heavy atom. The van der Waals surface area contributed by atoms with Crippen molar-refractivity contribution in [3.63, 3.8) is 0 Å². The molecule has 0 spiro atoms. The van der Waals surface area contributed by atoms with Gasteiger partial charge in [0.15, 0.2) is 0 Å². The first-order valence-electron chi connectivity index (χ1n) is 14.3. The highest BCUT2D eigenvalue weighted by molar-refractivity contribution is 5.87. The summed E-state index contributed by atoms with van der Waals surface area (Å²) in [5, 5.41) is 5.77. The third-order valence-corrected chi connectivity index (χ3v) is 8.20. The topological polar surface area (TPSA) is 70.7 Å². The van der Waals surface area contributed by atoms with Gasteiger partial charge in [-0.15, -0.1) is 0 Å². The minimum Gasteiger partial charge on any atom is -0.449 e. The Balaban J connectivity index is 1.19. The van der Waals surface area contributed by atoms with Crippen LogP contribution in [0.1, 0.15) is 33.7 Å². The molecule has 6 rings (SSSR count). The molecule has 4 aromatic rings. The summed E-state index contributed by atoms with van der Waals surface area (Å²) < 4.78 is 45.3. The zero-order valence-electron chi connectivity index (χ0n) is 23.7. The summed E-state index contributed by atoms with van der Waals surface area (Å²) in [6.45, 7) is 4.23. The van der Waals surface area contributed by atoms with Gasteiger partial charge >= 0.3 is 12.3 Å². The summed E-state index contributed by atoms with van der Waals surface area (Å²) in [6, 6.07) is 26.4. The van der Waals surface area contributed by atoms with Crippen molar-refractivity contribution in [2.75, 3.05) is 18.1 Å². The molecule has 2 N–H and O–H groups in total. The summed E-state index contributed by atoms with van der Waals surface area (Å²) in [5.74, 6) is -0.413. The first kappa shape index (κ1) is 29.0. The smallest absolute Gasteiger partial charge is 0.416 e. The number of amides is 2. The van der Waals surface area contributed by atoms with Crippen molar-refractivity contribution >= 4 is 23.4 Å². The predicted octanol–water partition coefficient (Wildman–Crippen LogP) is 7.11. The SMILES string of the molecule is C=CC(=O)NC1Cc2c(CNC(=O)OCC3c4ccccc4-c4ccccc43)cccc2N(c2ccc(C(F)(F)F)cc2)C1. The molecule has 0 fully saturated rings. The van der Waals surface area contributed by atoms with E-state index in [0.717, 1.165) is 51.2 Å². The van der Waals surface area contributed by atoms with Crippen LogP contribution in [0.2, 0.25) is 0 Å². The Morgan fingerprint density at radius 3 is 2.20 bits per heavy atom. The predicted molar refractivity (Wildman–Crippen MR) is 163 cm³/mol. The van der Waals surface area contributed by atoms with Crippen LogP contribution in [-0.2, 0) is 28.7 Å². The fourth-order valence-corrected chi connectivity index (χ4v) is 6.15. The van der Waals surface area contributed by atoms with Gasteiger partial charge in [0.2, 0.25) is 5.91 Å². The summed E-state index contributed by atoms with van der Waals surface area (Å²) in [4.78, 5) is 27.0. The largest absolute Gasteiger partial charge is 0.449 e. The maximum absolute atomic E-state index is 13.2. The number of nitrogens with one attached hydrogen (secondary N) is 2. The summed E-state index contributed by atoms with van der Waals surface area (Å²) in [6.07, 6.45) is -3.36. The second-order valence-electron chi connectivity index (χ2n) is 10.9. The number of ether oxygens (including phenoxy) is 1. The van der Waals surface area contributed by atoms with Crippen LogP contribution in [0, 0.1) is 0 Å². The Morgan fingerprint density at radius 2 is 1.57 bits per heavy atom. The second-order valence-corrected chi connectivity index (χ2v) is 10.9. The molecule has 0 radical (unpaired) electrons. The number of carbonyl (C=O) groups is 2. The van der Waals surface area contributed by atoms with E-state index in [1.165, 1.54) is 18.2 Å². The molecule has 44 heavy (non-hydrogen) atoms. The van der Waals surface area contributed by atoms with E-state index in [1.54, 1.807) is 0 Å². The van der Waals surface area contributed by atoms with Gasteiger partial charge in [-0.25, -0.2) is 4.79 Å². The number of fused-ring (bicyclic) bond motifs is 4. The van der Waals surface area contributed by atoms with Crippen LogP contribution in [0.25, 0.3) is 11.1 Å². The van der Waals surface area contributed by atoms with Gasteiger partial charge in [0.25, 0.3) is 0 Å². The van der Waals surface area contributed by atoms with Gasteiger partial charge in [0.1, 0.15) is 6.61 Å². The Labute approximate surface area is 253 Å². The van der Waals surface area contributed by atoms with Gasteiger partial charge in [0.05, 0.1) is 11.6 Å². The number of halogens is 3. The first-order valence-corrected chi connectivity index (χ1v) is 14.3. The normalized spacial score (nSPS) is 15.5. The van der Waals surface area contributed by atoms with Gasteiger partial charge in [0, 0.05) is 30.4 Å². The molecule has 9 heteroatoms. The quantitative estimate of drug-likeness (QED) is 0.223. The highest BCUT2D eigenvalue weighted by atomic mass is 19.4. The number of anilines is 2. The van der Waals surface area contributed by atoms with Gasteiger partial charge in [-0.1, -0.05) is 67.2 Å². The number of alkyl halides is 3. The first-order chi connectivity index (χ1) is 21.2. The van der Waals surface area contributed by atoms with Crippen molar-refractivity contribution in [2.24, 2.45) is 0 Å². The summed E-state index contributed by atoms with van der Waals surface area (Å²) in [7, 11) is 0. The van der Waals surface area contributed by atoms with E-state index < -0.39 is 17.8 Å². The molecule has 0 saturated heterocycles. The average Bonchev–Trinajstić information content (AvgIpc) is 3.35. The van der Waals surface area contributed by atoms with E-state index in [4.69, 9.17) is 4.74 Å². The molecule has 1 aliphatic heterocycles. The molecule has 2 aliphatic rings. The molecule has 1 heterocycles. The molecule has 4 aromatic carbocycles. The lowest BCUT2D eigenvalue weighted by Crippen LogP contribution is -2.46. The summed E-state index contributed by atoms with van der Waals surface area (Å²) in [5.41, 5.74) is 6.81. The van der Waals surface area contributed by atoms with Gasteiger partial charge in [-0.05, 0) is 76.2 Å². The van der Waals surface area contributed by atoms with E-state index >= 15 is 0 Å². The lowest BCUT2D eigenvalue weighted by molar-refractivity contribution is -0.137. The molecule has 6 nitrogen and oxygen atoms in total. The van der Waals surface area contributed by atoms with Gasteiger partial charge in [-0.3, -0.25) is 4.79 Å². The second kappa shape index (κ2) is 11.9. The maximum Gasteiger partial charge on any atom is 0.416 e. The monoisotopic (exact) mass is 597 g/mol. The molecular weight excluding hydrogens is 567 g/mol. The molecule has 1 aliphatic carbocycles. The summed E-state index contributed by atoms with van der Waals surface area (Å²) >= 11 is 0. The van der Waals surface area contributed by atoms with E-state index in [0.29, 0.717) is 18.7 Å². The van der Waals surface area contributed by atoms with Crippen LogP contribution in [0.5, 0.6) is 0 Å². The molecule has 224 valence electrons. The molecule has 2 amide bonds. The van der Waals surface area contributed by atoms with E-state index in [1.807, 2.05) is 47.4 Å². The van der Waals surface area contributed by atoms with Crippen molar-refractivity contribution in [3.8, 4) is 11.1 Å². The van der Waals surface area contributed by atoms with E-state index in [2.05, 4.69) is 41.5 Å². The third-order valence-electron chi connectivity index (χ3n) is 8.20. The van der Waals surface area contributed by atoms with Crippen LogP contribution < -0.4 is 15.5 Å². The van der Waals surface area contributed by atoms with Crippen LogP contribution in [0.15, 0.2) is 104 Å². The number of nitrogens with zero attached hydrogens (tertiary/aromatic N) is 1. The lowest BCUT2D eigenvalue weighted by atomic mass is 9.92. The minimum atomic E-state index is -4.45. The van der Waals surface area contributed by atoms with Crippen molar-refractivity contribution in [3.05, 3.63) is 131 Å². The van der Waals surface area contributed by atoms with Crippen molar-refractivity contribution in [1.82, 2.24) is 10.6 Å². The fourth-order valence-electron chi connectivity index (χ4n) is 6.15. The zero-order chi connectivity index (χ0) is 30.8. The van der Waals surface area contributed by atoms with Gasteiger partial charge in [-0.2, -0.15) is 13.2 Å². The number of hydrogen-bond donors (Lipinski definition) is 2. The van der Waals surface area contributed by atoms with E-state index in [-0.39, 0.29) is 31.0 Å². The third kappa shape index (κ3) is 5.77.